The van der Waals surface area contributed by atoms with Crippen molar-refractivity contribution in [3.8, 4) is 0 Å². The highest BCUT2D eigenvalue weighted by atomic mass is 16.4. The van der Waals surface area contributed by atoms with Crippen molar-refractivity contribution in [1.29, 1.82) is 0 Å². The summed E-state index contributed by atoms with van der Waals surface area (Å²) in [5.74, 6) is -0.918. The number of hydrogen-bond donors (Lipinski definition) is 3. The van der Waals surface area contributed by atoms with E-state index in [0.717, 1.165) is 30.7 Å². The summed E-state index contributed by atoms with van der Waals surface area (Å²) >= 11 is 0. The molecule has 1 aromatic heterocycles. The fraction of sp³-hybridized carbons (Fsp3) is 0.263. The SMILES string of the molecule is Cn1ccnc1N=C(Nc1ccccc1)N1CCCC1.O=C(O)C=CC(=O)O. The first-order valence-electron chi connectivity index (χ1n) is 8.72. The molecule has 0 bridgehead atoms. The van der Waals surface area contributed by atoms with Gasteiger partial charge in [-0.25, -0.2) is 14.6 Å². The van der Waals surface area contributed by atoms with Gasteiger partial charge in [0.25, 0.3) is 0 Å². The number of nitrogens with one attached hydrogen (secondary N) is 1. The Balaban J connectivity index is 0.000000300. The Hall–Kier alpha value is -3.62. The van der Waals surface area contributed by atoms with Gasteiger partial charge in [-0.05, 0) is 25.0 Å². The van der Waals surface area contributed by atoms with Crippen LogP contribution in [0.5, 0.6) is 0 Å². The summed E-state index contributed by atoms with van der Waals surface area (Å²) in [7, 11) is 1.95. The molecule has 1 aliphatic rings. The van der Waals surface area contributed by atoms with Crippen LogP contribution in [-0.4, -0.2) is 55.7 Å². The Morgan fingerprint density at radius 1 is 1.11 bits per heavy atom. The van der Waals surface area contributed by atoms with Crippen molar-refractivity contribution in [2.75, 3.05) is 18.4 Å². The molecular weight excluding hydrogens is 362 g/mol. The van der Waals surface area contributed by atoms with Crippen LogP contribution in [0.2, 0.25) is 0 Å². The van der Waals surface area contributed by atoms with Crippen LogP contribution in [0.25, 0.3) is 0 Å². The van der Waals surface area contributed by atoms with E-state index in [1.54, 1.807) is 6.20 Å². The molecule has 0 aliphatic carbocycles. The second kappa shape index (κ2) is 10.5. The molecule has 1 aliphatic heterocycles. The van der Waals surface area contributed by atoms with E-state index in [9.17, 15) is 9.59 Å². The van der Waals surface area contributed by atoms with Crippen molar-refractivity contribution in [2.45, 2.75) is 12.8 Å². The summed E-state index contributed by atoms with van der Waals surface area (Å²) in [6.07, 6.45) is 7.22. The molecule has 148 valence electrons. The molecule has 0 spiro atoms. The van der Waals surface area contributed by atoms with E-state index in [1.165, 1.54) is 12.8 Å². The summed E-state index contributed by atoms with van der Waals surface area (Å²) in [6.45, 7) is 2.09. The zero-order valence-corrected chi connectivity index (χ0v) is 15.5. The number of carboxylic acid groups (broad SMARTS) is 2. The second-order valence-corrected chi connectivity index (χ2v) is 5.97. The van der Waals surface area contributed by atoms with Crippen LogP contribution in [0.4, 0.5) is 11.6 Å². The number of carbonyl (C=O) groups is 2. The van der Waals surface area contributed by atoms with Crippen LogP contribution in [0.3, 0.4) is 0 Å². The van der Waals surface area contributed by atoms with Crippen LogP contribution in [-0.2, 0) is 16.6 Å². The first kappa shape index (κ1) is 20.7. The lowest BCUT2D eigenvalue weighted by atomic mass is 10.3. The monoisotopic (exact) mass is 385 g/mol. The minimum atomic E-state index is -1.26. The normalized spacial score (nSPS) is 13.9. The molecule has 1 saturated heterocycles. The van der Waals surface area contributed by atoms with Crippen LogP contribution in [0.1, 0.15) is 12.8 Å². The van der Waals surface area contributed by atoms with Gasteiger partial charge in [-0.3, -0.25) is 0 Å². The molecule has 1 aromatic carbocycles. The van der Waals surface area contributed by atoms with Gasteiger partial charge in [-0.2, -0.15) is 4.99 Å². The highest BCUT2D eigenvalue weighted by molar-refractivity contribution is 5.95. The molecule has 0 saturated carbocycles. The Morgan fingerprint density at radius 3 is 2.21 bits per heavy atom. The average Bonchev–Trinajstić information content (AvgIpc) is 3.33. The Bertz CT molecular complexity index is 823. The number of anilines is 1. The summed E-state index contributed by atoms with van der Waals surface area (Å²) in [6, 6.07) is 10.1. The van der Waals surface area contributed by atoms with Gasteiger partial charge in [0.15, 0.2) is 0 Å². The van der Waals surface area contributed by atoms with Gasteiger partial charge in [-0.1, -0.05) is 18.2 Å². The number of aromatic nitrogens is 2. The van der Waals surface area contributed by atoms with Gasteiger partial charge in [0.2, 0.25) is 11.9 Å². The van der Waals surface area contributed by atoms with E-state index in [2.05, 4.69) is 20.2 Å². The fourth-order valence-corrected chi connectivity index (χ4v) is 2.46. The molecular formula is C19H23N5O4. The van der Waals surface area contributed by atoms with E-state index in [1.807, 2.05) is 48.1 Å². The number of imidazole rings is 1. The molecule has 0 unspecified atom stereocenters. The molecule has 0 atom stereocenters. The van der Waals surface area contributed by atoms with Gasteiger partial charge in [-0.15, -0.1) is 0 Å². The predicted octanol–water partition coefficient (Wildman–Crippen LogP) is 2.33. The number of rotatable bonds is 4. The first-order valence-corrected chi connectivity index (χ1v) is 8.72. The van der Waals surface area contributed by atoms with Crippen molar-refractivity contribution in [3.05, 3.63) is 54.9 Å². The molecule has 0 radical (unpaired) electrons. The predicted molar refractivity (Wildman–Crippen MR) is 106 cm³/mol. The van der Waals surface area contributed by atoms with Crippen molar-refractivity contribution >= 4 is 29.5 Å². The van der Waals surface area contributed by atoms with Crippen molar-refractivity contribution in [2.24, 2.45) is 12.0 Å². The topological polar surface area (TPSA) is 120 Å². The second-order valence-electron chi connectivity index (χ2n) is 5.97. The van der Waals surface area contributed by atoms with E-state index in [4.69, 9.17) is 10.2 Å². The van der Waals surface area contributed by atoms with E-state index >= 15 is 0 Å². The maximum atomic E-state index is 9.55. The zero-order chi connectivity index (χ0) is 20.4. The summed E-state index contributed by atoms with van der Waals surface area (Å²) < 4.78 is 1.92. The lowest BCUT2D eigenvalue weighted by molar-refractivity contribution is -0.134. The van der Waals surface area contributed by atoms with Gasteiger partial charge < -0.3 is 25.0 Å². The first-order chi connectivity index (χ1) is 13.5. The van der Waals surface area contributed by atoms with Gasteiger partial charge in [0, 0.05) is 50.4 Å². The smallest absolute Gasteiger partial charge is 0.328 e. The number of aryl methyl sites for hydroxylation is 1. The summed E-state index contributed by atoms with van der Waals surface area (Å²) in [5.41, 5.74) is 1.05. The third-order valence-electron chi connectivity index (χ3n) is 3.81. The van der Waals surface area contributed by atoms with Crippen molar-refractivity contribution in [3.63, 3.8) is 0 Å². The number of para-hydroxylation sites is 1. The molecule has 3 N–H and O–H groups in total. The fourth-order valence-electron chi connectivity index (χ4n) is 2.46. The highest BCUT2D eigenvalue weighted by Gasteiger charge is 2.17. The van der Waals surface area contributed by atoms with E-state index in [-0.39, 0.29) is 0 Å². The summed E-state index contributed by atoms with van der Waals surface area (Å²) in [5, 5.41) is 19.0. The maximum absolute atomic E-state index is 9.55. The Labute approximate surface area is 162 Å². The number of guanidine groups is 1. The van der Waals surface area contributed by atoms with Gasteiger partial charge in [0.1, 0.15) is 0 Å². The van der Waals surface area contributed by atoms with Gasteiger partial charge >= 0.3 is 11.9 Å². The summed E-state index contributed by atoms with van der Waals surface area (Å²) in [4.78, 5) is 30.3. The highest BCUT2D eigenvalue weighted by Crippen LogP contribution is 2.15. The third kappa shape index (κ3) is 6.94. The lowest BCUT2D eigenvalue weighted by Gasteiger charge is -2.21. The molecule has 2 aromatic rings. The Morgan fingerprint density at radius 2 is 1.71 bits per heavy atom. The minimum Gasteiger partial charge on any atom is -0.478 e. The number of carboxylic acids is 2. The molecule has 0 amide bonds. The Kier molecular flexibility index (Phi) is 7.77. The standard InChI is InChI=1S/C15H19N5.C4H4O4/c1-19-12-9-16-14(19)18-15(20-10-5-6-11-20)17-13-7-3-2-4-8-13;5-3(6)1-2-4(7)8/h2-4,7-9,12H,5-6,10-11H2,1H3,(H,16,17,18);1-2H,(H,5,6)(H,7,8). The van der Waals surface area contributed by atoms with Crippen LogP contribution in [0, 0.1) is 0 Å². The van der Waals surface area contributed by atoms with Crippen molar-refractivity contribution in [1.82, 2.24) is 14.5 Å². The lowest BCUT2D eigenvalue weighted by Crippen LogP contribution is -2.33. The average molecular weight is 385 g/mol. The van der Waals surface area contributed by atoms with E-state index < -0.39 is 11.9 Å². The molecule has 9 heteroatoms. The molecule has 28 heavy (non-hydrogen) atoms. The maximum Gasteiger partial charge on any atom is 0.328 e. The van der Waals surface area contributed by atoms with E-state index in [0.29, 0.717) is 12.2 Å². The number of hydrogen-bond acceptors (Lipinski definition) is 4. The van der Waals surface area contributed by atoms with Crippen LogP contribution in [0.15, 0.2) is 59.9 Å². The molecule has 2 heterocycles. The number of benzene rings is 1. The van der Waals surface area contributed by atoms with Crippen LogP contribution >= 0.6 is 0 Å². The third-order valence-corrected chi connectivity index (χ3v) is 3.81. The van der Waals surface area contributed by atoms with Crippen LogP contribution < -0.4 is 5.32 Å². The number of nitrogens with zero attached hydrogens (tertiary/aromatic N) is 4. The zero-order valence-electron chi connectivity index (χ0n) is 15.5. The molecule has 1 fully saturated rings. The number of aliphatic imine (C=N–C) groups is 1. The molecule has 3 rings (SSSR count). The molecule has 9 nitrogen and oxygen atoms in total. The largest absolute Gasteiger partial charge is 0.478 e. The van der Waals surface area contributed by atoms with Crippen molar-refractivity contribution < 1.29 is 19.8 Å². The number of aliphatic carboxylic acids is 2. The minimum absolute atomic E-state index is 0.558. The van der Waals surface area contributed by atoms with Gasteiger partial charge in [0.05, 0.1) is 0 Å². The quantitative estimate of drug-likeness (QED) is 0.420. The number of likely N-dealkylation sites (tertiary alicyclic amines) is 1.